The van der Waals surface area contributed by atoms with E-state index in [0.717, 1.165) is 51.4 Å². The molecule has 0 bridgehead atoms. The smallest absolute Gasteiger partial charge is 0.305 e. The molecule has 1 amide bonds. The standard InChI is InChI=1S/C72H141NO5/c1-3-5-7-9-11-13-15-17-19-21-23-24-25-26-27-29-32-36-40-44-48-52-56-60-64-70(75)69(68-74)73-71(76)65-61-57-53-49-45-41-37-33-30-31-35-39-43-47-51-55-59-63-67-78-72(77)66-62-58-54-50-46-42-38-34-28-22-20-18-16-14-12-10-8-6-4-2/h33,37,69-70,74-75H,3-32,34-36,38-68H2,1-2H3,(H,73,76)/b37-33-. The normalized spacial score (nSPS) is 12.5. The van der Waals surface area contributed by atoms with E-state index in [9.17, 15) is 19.8 Å². The second-order valence-corrected chi connectivity index (χ2v) is 24.9. The summed E-state index contributed by atoms with van der Waals surface area (Å²) in [5.41, 5.74) is 0. The highest BCUT2D eigenvalue weighted by Gasteiger charge is 2.20. The summed E-state index contributed by atoms with van der Waals surface area (Å²) < 4.78 is 5.51. The third-order valence-electron chi connectivity index (χ3n) is 17.1. The number of hydrogen-bond acceptors (Lipinski definition) is 5. The van der Waals surface area contributed by atoms with Gasteiger partial charge in [0.1, 0.15) is 0 Å². The molecule has 464 valence electrons. The summed E-state index contributed by atoms with van der Waals surface area (Å²) in [7, 11) is 0. The Labute approximate surface area is 489 Å². The zero-order valence-electron chi connectivity index (χ0n) is 53.2. The Morgan fingerprint density at radius 2 is 0.603 bits per heavy atom. The molecule has 0 saturated heterocycles. The topological polar surface area (TPSA) is 95.9 Å². The minimum absolute atomic E-state index is 0.00930. The van der Waals surface area contributed by atoms with E-state index in [0.29, 0.717) is 25.9 Å². The molecule has 0 fully saturated rings. The van der Waals surface area contributed by atoms with Gasteiger partial charge in [0.2, 0.25) is 5.91 Å². The van der Waals surface area contributed by atoms with E-state index < -0.39 is 12.1 Å². The fraction of sp³-hybridized carbons (Fsp3) is 0.944. The van der Waals surface area contributed by atoms with Gasteiger partial charge in [0.15, 0.2) is 0 Å². The summed E-state index contributed by atoms with van der Waals surface area (Å²) in [5, 5.41) is 23.4. The van der Waals surface area contributed by atoms with Gasteiger partial charge in [0.25, 0.3) is 0 Å². The van der Waals surface area contributed by atoms with Gasteiger partial charge in [-0.2, -0.15) is 0 Å². The van der Waals surface area contributed by atoms with Crippen molar-refractivity contribution in [3.63, 3.8) is 0 Å². The van der Waals surface area contributed by atoms with Gasteiger partial charge in [-0.1, -0.05) is 360 Å². The molecule has 0 aliphatic heterocycles. The predicted molar refractivity (Wildman–Crippen MR) is 343 cm³/mol. The minimum atomic E-state index is -0.674. The molecule has 0 aliphatic rings. The van der Waals surface area contributed by atoms with Crippen LogP contribution in [0.4, 0.5) is 0 Å². The Hall–Kier alpha value is -1.40. The molecule has 0 aliphatic carbocycles. The van der Waals surface area contributed by atoms with E-state index in [2.05, 4.69) is 31.3 Å². The molecule has 2 unspecified atom stereocenters. The fourth-order valence-electron chi connectivity index (χ4n) is 11.6. The van der Waals surface area contributed by atoms with Crippen molar-refractivity contribution < 1.29 is 24.5 Å². The maximum absolute atomic E-state index is 12.5. The average molecular weight is 1100 g/mol. The second-order valence-electron chi connectivity index (χ2n) is 24.9. The number of nitrogens with one attached hydrogen (secondary N) is 1. The van der Waals surface area contributed by atoms with Crippen LogP contribution >= 0.6 is 0 Å². The van der Waals surface area contributed by atoms with E-state index >= 15 is 0 Å². The van der Waals surface area contributed by atoms with Gasteiger partial charge in [-0.3, -0.25) is 9.59 Å². The summed E-state index contributed by atoms with van der Waals surface area (Å²) in [6.07, 6.45) is 84.0. The highest BCUT2D eigenvalue weighted by Crippen LogP contribution is 2.19. The van der Waals surface area contributed by atoms with Crippen molar-refractivity contribution in [2.45, 2.75) is 424 Å². The Bertz CT molecular complexity index is 1180. The molecule has 2 atom stereocenters. The first-order chi connectivity index (χ1) is 38.5. The largest absolute Gasteiger partial charge is 0.466 e. The van der Waals surface area contributed by atoms with Gasteiger partial charge in [0.05, 0.1) is 25.4 Å². The number of ether oxygens (including phenoxy) is 1. The Morgan fingerprint density at radius 1 is 0.346 bits per heavy atom. The molecule has 0 saturated carbocycles. The van der Waals surface area contributed by atoms with Gasteiger partial charge in [0, 0.05) is 12.8 Å². The number of carbonyl (C=O) groups is 2. The van der Waals surface area contributed by atoms with E-state index in [1.54, 1.807) is 0 Å². The lowest BCUT2D eigenvalue weighted by atomic mass is 10.0. The van der Waals surface area contributed by atoms with E-state index in [4.69, 9.17) is 4.74 Å². The molecule has 0 aromatic heterocycles. The molecule has 0 aromatic carbocycles. The summed E-state index contributed by atoms with van der Waals surface area (Å²) in [6, 6.07) is -0.553. The van der Waals surface area contributed by atoms with Crippen LogP contribution in [0.15, 0.2) is 12.2 Å². The number of aliphatic hydroxyl groups excluding tert-OH is 2. The van der Waals surface area contributed by atoms with Crippen LogP contribution in [0.5, 0.6) is 0 Å². The van der Waals surface area contributed by atoms with Crippen LogP contribution in [0.3, 0.4) is 0 Å². The average Bonchev–Trinajstić information content (AvgIpc) is 3.44. The molecule has 0 aromatic rings. The van der Waals surface area contributed by atoms with E-state index in [-0.39, 0.29) is 18.5 Å². The molecule has 6 heteroatoms. The predicted octanol–water partition coefficient (Wildman–Crippen LogP) is 23.1. The molecule has 0 rings (SSSR count). The third-order valence-corrected chi connectivity index (χ3v) is 17.1. The number of aliphatic hydroxyl groups is 2. The quantitative estimate of drug-likeness (QED) is 0.0320. The third kappa shape index (κ3) is 63.8. The summed E-state index contributed by atoms with van der Waals surface area (Å²) in [4.78, 5) is 24.7. The van der Waals surface area contributed by atoms with Gasteiger partial charge >= 0.3 is 5.97 Å². The van der Waals surface area contributed by atoms with Crippen molar-refractivity contribution >= 4 is 11.9 Å². The van der Waals surface area contributed by atoms with Crippen molar-refractivity contribution in [2.24, 2.45) is 0 Å². The second kappa shape index (κ2) is 68.1. The molecule has 3 N–H and O–H groups in total. The van der Waals surface area contributed by atoms with Gasteiger partial charge in [-0.05, 0) is 51.4 Å². The highest BCUT2D eigenvalue weighted by molar-refractivity contribution is 5.76. The summed E-state index contributed by atoms with van der Waals surface area (Å²) >= 11 is 0. The monoisotopic (exact) mass is 1100 g/mol. The van der Waals surface area contributed by atoms with Crippen molar-refractivity contribution in [1.82, 2.24) is 5.32 Å². The molecule has 0 heterocycles. The van der Waals surface area contributed by atoms with Crippen molar-refractivity contribution in [3.05, 3.63) is 12.2 Å². The molecule has 0 spiro atoms. The number of unbranched alkanes of at least 4 members (excludes halogenated alkanes) is 55. The lowest BCUT2D eigenvalue weighted by Crippen LogP contribution is -2.45. The van der Waals surface area contributed by atoms with Crippen LogP contribution < -0.4 is 5.32 Å². The van der Waals surface area contributed by atoms with Crippen molar-refractivity contribution in [1.29, 1.82) is 0 Å². The van der Waals surface area contributed by atoms with Crippen molar-refractivity contribution in [3.8, 4) is 0 Å². The number of hydrogen-bond donors (Lipinski definition) is 3. The summed E-state index contributed by atoms with van der Waals surface area (Å²) in [6.45, 7) is 4.99. The van der Waals surface area contributed by atoms with Gasteiger partial charge in [-0.25, -0.2) is 0 Å². The van der Waals surface area contributed by atoms with Crippen LogP contribution in [-0.2, 0) is 14.3 Å². The highest BCUT2D eigenvalue weighted by atomic mass is 16.5. The molecular formula is C72H141NO5. The zero-order chi connectivity index (χ0) is 56.4. The van der Waals surface area contributed by atoms with Crippen LogP contribution in [0, 0.1) is 0 Å². The number of carbonyl (C=O) groups excluding carboxylic acids is 2. The number of esters is 1. The molecular weight excluding hydrogens is 959 g/mol. The number of allylic oxidation sites excluding steroid dienone is 2. The van der Waals surface area contributed by atoms with Crippen LogP contribution in [-0.4, -0.2) is 47.4 Å². The molecule has 78 heavy (non-hydrogen) atoms. The lowest BCUT2D eigenvalue weighted by molar-refractivity contribution is -0.143. The van der Waals surface area contributed by atoms with Gasteiger partial charge in [-0.15, -0.1) is 0 Å². The van der Waals surface area contributed by atoms with Gasteiger partial charge < -0.3 is 20.3 Å². The first-order valence-corrected chi connectivity index (χ1v) is 35.9. The molecule has 0 radical (unpaired) electrons. The zero-order valence-corrected chi connectivity index (χ0v) is 53.2. The lowest BCUT2D eigenvalue weighted by Gasteiger charge is -2.22. The number of amides is 1. The first kappa shape index (κ1) is 76.6. The summed E-state index contributed by atoms with van der Waals surface area (Å²) in [5.74, 6) is -0.0346. The maximum atomic E-state index is 12.5. The minimum Gasteiger partial charge on any atom is -0.466 e. The van der Waals surface area contributed by atoms with E-state index in [1.807, 2.05) is 0 Å². The molecule has 6 nitrogen and oxygen atoms in total. The Balaban J connectivity index is 3.41. The Morgan fingerprint density at radius 3 is 0.910 bits per heavy atom. The fourth-order valence-corrected chi connectivity index (χ4v) is 11.6. The SMILES string of the molecule is CCCCCCCCCCCCCCCCCCCCCCCCCCC(O)C(CO)NC(=O)CCCCCCC/C=C\CCCCCCCCCCCOC(=O)CCCCCCCCCCCCCCCCCCCCC. The van der Waals surface area contributed by atoms with Crippen LogP contribution in [0.1, 0.15) is 412 Å². The first-order valence-electron chi connectivity index (χ1n) is 35.9. The van der Waals surface area contributed by atoms with Crippen molar-refractivity contribution in [2.75, 3.05) is 13.2 Å². The van der Waals surface area contributed by atoms with E-state index in [1.165, 1.54) is 327 Å². The maximum Gasteiger partial charge on any atom is 0.305 e. The van der Waals surface area contributed by atoms with Crippen LogP contribution in [0.2, 0.25) is 0 Å². The Kier molecular flexibility index (Phi) is 66.9. The van der Waals surface area contributed by atoms with Crippen LogP contribution in [0.25, 0.3) is 0 Å². The number of rotatable bonds is 68.